The van der Waals surface area contributed by atoms with Gasteiger partial charge < -0.3 is 14.2 Å². The third-order valence-corrected chi connectivity index (χ3v) is 8.52. The second-order valence-corrected chi connectivity index (χ2v) is 11.5. The minimum Gasteiger partial charge on any atom is -0.493 e. The molecule has 216 valence electrons. The average Bonchev–Trinajstić information content (AvgIpc) is 3.27. The maximum absolute atomic E-state index is 14.0. The van der Waals surface area contributed by atoms with Gasteiger partial charge in [0.05, 0.1) is 45.6 Å². The molecule has 3 aromatic carbocycles. The summed E-state index contributed by atoms with van der Waals surface area (Å²) in [5.41, 5.74) is 3.89. The Kier molecular flexibility index (Phi) is 8.87. The van der Waals surface area contributed by atoms with Gasteiger partial charge >= 0.3 is 5.97 Å². The first-order chi connectivity index (χ1) is 20.2. The number of benzene rings is 3. The minimum absolute atomic E-state index is 0.203. The Bertz CT molecular complexity index is 1880. The quantitative estimate of drug-likeness (QED) is 0.225. The first-order valence-corrected chi connectivity index (χ1v) is 14.8. The highest BCUT2D eigenvalue weighted by atomic mass is 35.5. The Balaban J connectivity index is 1.62. The molecule has 2 heterocycles. The Morgan fingerprint density at radius 1 is 1.07 bits per heavy atom. The Morgan fingerprint density at radius 3 is 2.52 bits per heavy atom. The van der Waals surface area contributed by atoms with Crippen molar-refractivity contribution < 1.29 is 19.0 Å². The van der Waals surface area contributed by atoms with Crippen molar-refractivity contribution in [3.63, 3.8) is 0 Å². The van der Waals surface area contributed by atoms with Crippen molar-refractivity contribution in [2.24, 2.45) is 4.99 Å². The molecule has 0 bridgehead atoms. The van der Waals surface area contributed by atoms with Crippen molar-refractivity contribution in [2.75, 3.05) is 13.7 Å². The van der Waals surface area contributed by atoms with E-state index < -0.39 is 12.0 Å². The van der Waals surface area contributed by atoms with Gasteiger partial charge in [0.2, 0.25) is 0 Å². The molecular formula is C32H28Cl2N2O5S. The summed E-state index contributed by atoms with van der Waals surface area (Å²) in [6.07, 6.45) is 1.76. The number of rotatable bonds is 8. The van der Waals surface area contributed by atoms with Gasteiger partial charge in [0.15, 0.2) is 16.3 Å². The Hall–Kier alpha value is -3.85. The summed E-state index contributed by atoms with van der Waals surface area (Å²) < 4.78 is 19.1. The number of aromatic nitrogens is 1. The number of hydrogen-bond acceptors (Lipinski definition) is 7. The van der Waals surface area contributed by atoms with E-state index in [9.17, 15) is 9.59 Å². The predicted molar refractivity (Wildman–Crippen MR) is 165 cm³/mol. The van der Waals surface area contributed by atoms with E-state index in [2.05, 4.69) is 4.99 Å². The lowest BCUT2D eigenvalue weighted by atomic mass is 9.95. The van der Waals surface area contributed by atoms with E-state index in [0.29, 0.717) is 47.7 Å². The van der Waals surface area contributed by atoms with E-state index in [1.54, 1.807) is 49.8 Å². The number of thiazole rings is 1. The second kappa shape index (κ2) is 12.6. The fourth-order valence-corrected chi connectivity index (χ4v) is 6.10. The zero-order chi connectivity index (χ0) is 30.0. The van der Waals surface area contributed by atoms with Crippen LogP contribution in [0.3, 0.4) is 0 Å². The average molecular weight is 624 g/mol. The third kappa shape index (κ3) is 5.88. The molecule has 1 aliphatic heterocycles. The van der Waals surface area contributed by atoms with Crippen molar-refractivity contribution in [3.05, 3.63) is 124 Å². The molecule has 0 saturated heterocycles. The number of carbonyl (C=O) groups excluding carboxylic acids is 1. The number of ether oxygens (including phenoxy) is 3. The highest BCUT2D eigenvalue weighted by Gasteiger charge is 2.33. The minimum atomic E-state index is -0.682. The van der Waals surface area contributed by atoms with E-state index in [0.717, 1.165) is 16.7 Å². The van der Waals surface area contributed by atoms with Gasteiger partial charge in [0.25, 0.3) is 5.56 Å². The van der Waals surface area contributed by atoms with Crippen LogP contribution in [0.25, 0.3) is 6.08 Å². The van der Waals surface area contributed by atoms with Crippen LogP contribution in [0.2, 0.25) is 10.0 Å². The molecule has 0 unspecified atom stereocenters. The van der Waals surface area contributed by atoms with Gasteiger partial charge in [-0.1, -0.05) is 82.6 Å². The lowest BCUT2D eigenvalue weighted by molar-refractivity contribution is -0.139. The molecule has 0 aliphatic carbocycles. The standard InChI is InChI=1S/C32H28Cl2N2O5S/c1-5-40-31(38)27-19(3)35-32-36(28(27)21-12-9-18(2)10-13-21)30(37)26(42-32)16-22-7-6-8-25(39-4)29(22)41-17-20-11-14-23(33)24(34)15-20/h6-16,28H,5,17H2,1-4H3/b26-16-/t28-/m0/s1. The molecule has 0 radical (unpaired) electrons. The number of aryl methyl sites for hydroxylation is 1. The predicted octanol–water partition coefficient (Wildman–Crippen LogP) is 6.00. The summed E-state index contributed by atoms with van der Waals surface area (Å²) in [5.74, 6) is 0.481. The van der Waals surface area contributed by atoms with Crippen LogP contribution >= 0.6 is 34.5 Å². The van der Waals surface area contributed by atoms with E-state index in [1.807, 2.05) is 49.4 Å². The Morgan fingerprint density at radius 2 is 1.83 bits per heavy atom. The Labute approximate surface area is 256 Å². The molecule has 1 aliphatic rings. The van der Waals surface area contributed by atoms with Crippen LogP contribution < -0.4 is 24.4 Å². The summed E-state index contributed by atoms with van der Waals surface area (Å²) in [7, 11) is 1.56. The van der Waals surface area contributed by atoms with E-state index in [1.165, 1.54) is 11.3 Å². The van der Waals surface area contributed by atoms with E-state index >= 15 is 0 Å². The van der Waals surface area contributed by atoms with Crippen molar-refractivity contribution in [1.82, 2.24) is 4.57 Å². The molecule has 0 amide bonds. The van der Waals surface area contributed by atoms with Crippen molar-refractivity contribution >= 4 is 46.6 Å². The molecule has 0 spiro atoms. The second-order valence-electron chi connectivity index (χ2n) is 9.63. The molecule has 5 rings (SSSR count). The third-order valence-electron chi connectivity index (χ3n) is 6.79. The van der Waals surface area contributed by atoms with E-state index in [4.69, 9.17) is 37.4 Å². The SMILES string of the molecule is CCOC(=O)C1=C(C)N=c2s/c(=C\c3cccc(OC)c3OCc3ccc(Cl)c(Cl)c3)c(=O)n2[C@H]1c1ccc(C)cc1. The lowest BCUT2D eigenvalue weighted by Gasteiger charge is -2.24. The number of methoxy groups -OCH3 is 1. The molecule has 42 heavy (non-hydrogen) atoms. The molecule has 1 aromatic heterocycles. The van der Waals surface area contributed by atoms with Gasteiger partial charge in [-0.2, -0.15) is 0 Å². The normalized spacial score (nSPS) is 14.8. The summed E-state index contributed by atoms with van der Waals surface area (Å²) in [4.78, 5) is 32.3. The highest BCUT2D eigenvalue weighted by molar-refractivity contribution is 7.07. The number of hydrogen-bond donors (Lipinski definition) is 0. The highest BCUT2D eigenvalue weighted by Crippen LogP contribution is 2.34. The van der Waals surface area contributed by atoms with Crippen LogP contribution in [0.5, 0.6) is 11.5 Å². The smallest absolute Gasteiger partial charge is 0.338 e. The van der Waals surface area contributed by atoms with Gasteiger partial charge in [0, 0.05) is 5.56 Å². The molecular weight excluding hydrogens is 595 g/mol. The van der Waals surface area contributed by atoms with Crippen molar-refractivity contribution in [1.29, 1.82) is 0 Å². The molecule has 1 atom stereocenters. The number of halogens is 2. The summed E-state index contributed by atoms with van der Waals surface area (Å²) in [5, 5.41) is 0.888. The molecule has 4 aromatic rings. The lowest BCUT2D eigenvalue weighted by Crippen LogP contribution is -2.39. The first-order valence-electron chi connectivity index (χ1n) is 13.2. The number of fused-ring (bicyclic) bond motifs is 1. The summed E-state index contributed by atoms with van der Waals surface area (Å²) in [6, 6.07) is 17.8. The number of para-hydroxylation sites is 1. The molecule has 0 fully saturated rings. The van der Waals surface area contributed by atoms with Crippen molar-refractivity contribution in [3.8, 4) is 11.5 Å². The van der Waals surface area contributed by atoms with Gasteiger partial charge in [-0.15, -0.1) is 0 Å². The molecule has 7 nitrogen and oxygen atoms in total. The number of allylic oxidation sites excluding steroid dienone is 1. The fraction of sp³-hybridized carbons (Fsp3) is 0.219. The van der Waals surface area contributed by atoms with Gasteiger partial charge in [-0.05, 0) is 56.2 Å². The monoisotopic (exact) mass is 622 g/mol. The van der Waals surface area contributed by atoms with Crippen LogP contribution in [-0.2, 0) is 16.1 Å². The molecule has 0 N–H and O–H groups in total. The summed E-state index contributed by atoms with van der Waals surface area (Å²) in [6.45, 7) is 5.91. The van der Waals surface area contributed by atoms with E-state index in [-0.39, 0.29) is 18.8 Å². The zero-order valence-corrected chi connectivity index (χ0v) is 25.8. The first kappa shape index (κ1) is 29.6. The van der Waals surface area contributed by atoms with Crippen LogP contribution in [0.1, 0.15) is 42.1 Å². The van der Waals surface area contributed by atoms with Gasteiger partial charge in [0.1, 0.15) is 6.61 Å². The fourth-order valence-electron chi connectivity index (χ4n) is 4.74. The zero-order valence-electron chi connectivity index (χ0n) is 23.4. The number of carbonyl (C=O) groups is 1. The van der Waals surface area contributed by atoms with Crippen molar-refractivity contribution in [2.45, 2.75) is 33.4 Å². The largest absolute Gasteiger partial charge is 0.493 e. The van der Waals surface area contributed by atoms with Gasteiger partial charge in [-0.3, -0.25) is 9.36 Å². The topological polar surface area (TPSA) is 79.1 Å². The maximum Gasteiger partial charge on any atom is 0.338 e. The van der Waals surface area contributed by atoms with Crippen LogP contribution in [0.15, 0.2) is 81.7 Å². The van der Waals surface area contributed by atoms with Crippen LogP contribution in [-0.4, -0.2) is 24.3 Å². The number of esters is 1. The maximum atomic E-state index is 14.0. The molecule has 0 saturated carbocycles. The van der Waals surface area contributed by atoms with Crippen LogP contribution in [0.4, 0.5) is 0 Å². The number of nitrogens with zero attached hydrogens (tertiary/aromatic N) is 2. The van der Waals surface area contributed by atoms with Crippen LogP contribution in [0, 0.1) is 6.92 Å². The van der Waals surface area contributed by atoms with Gasteiger partial charge in [-0.25, -0.2) is 9.79 Å². The molecule has 10 heteroatoms. The summed E-state index contributed by atoms with van der Waals surface area (Å²) >= 11 is 13.5.